The number of hydrogen-bond donors (Lipinski definition) is 1. The van der Waals surface area contributed by atoms with Crippen LogP contribution in [-0.2, 0) is 4.74 Å². The normalized spacial score (nSPS) is 29.1. The molecule has 1 rings (SSSR count). The molecule has 0 aromatic carbocycles. The van der Waals surface area contributed by atoms with Crippen molar-refractivity contribution in [2.75, 3.05) is 20.2 Å². The predicted octanol–water partition coefficient (Wildman–Crippen LogP) is 1.17. The van der Waals surface area contributed by atoms with Crippen molar-refractivity contribution in [2.24, 2.45) is 0 Å². The van der Waals surface area contributed by atoms with E-state index in [-0.39, 0.29) is 0 Å². The maximum Gasteiger partial charge on any atom is 0.0583 e. The Balaban J connectivity index is 2.16. The molecule has 0 aromatic heterocycles. The Bertz CT molecular complexity index is 77.3. The molecule has 0 amide bonds. The van der Waals surface area contributed by atoms with Crippen LogP contribution < -0.4 is 5.32 Å². The van der Waals surface area contributed by atoms with Crippen LogP contribution in [0.1, 0.15) is 25.7 Å². The summed E-state index contributed by atoms with van der Waals surface area (Å²) in [4.78, 5) is 0. The van der Waals surface area contributed by atoms with Crippen molar-refractivity contribution in [3.05, 3.63) is 0 Å². The third kappa shape index (κ3) is 2.67. The molecular weight excluding hydrogens is 126 g/mol. The van der Waals surface area contributed by atoms with E-state index in [1.165, 1.54) is 32.2 Å². The minimum atomic E-state index is 0.507. The van der Waals surface area contributed by atoms with Gasteiger partial charge in [0.25, 0.3) is 0 Å². The number of hydrogen-bond acceptors (Lipinski definition) is 2. The van der Waals surface area contributed by atoms with Crippen molar-refractivity contribution in [1.29, 1.82) is 0 Å². The fourth-order valence-corrected chi connectivity index (χ4v) is 1.39. The molecule has 0 aliphatic carbocycles. The molecule has 0 saturated carbocycles. The van der Waals surface area contributed by atoms with Gasteiger partial charge in [0.15, 0.2) is 0 Å². The summed E-state index contributed by atoms with van der Waals surface area (Å²) in [5.74, 6) is 0. The predicted molar refractivity (Wildman–Crippen MR) is 42.1 cm³/mol. The van der Waals surface area contributed by atoms with Crippen LogP contribution in [0.15, 0.2) is 0 Å². The van der Waals surface area contributed by atoms with Crippen molar-refractivity contribution >= 4 is 0 Å². The highest BCUT2D eigenvalue weighted by Gasteiger charge is 2.08. The van der Waals surface area contributed by atoms with Crippen LogP contribution in [0, 0.1) is 0 Å². The zero-order chi connectivity index (χ0) is 7.23. The quantitative estimate of drug-likeness (QED) is 0.595. The third-order valence-electron chi connectivity index (χ3n) is 2.11. The molecule has 60 valence electrons. The Labute approximate surface area is 63.0 Å². The van der Waals surface area contributed by atoms with Crippen molar-refractivity contribution in [3.8, 4) is 0 Å². The smallest absolute Gasteiger partial charge is 0.0583 e. The zero-order valence-electron chi connectivity index (χ0n) is 6.73. The first-order valence-corrected chi connectivity index (χ1v) is 4.17. The second-order valence-electron chi connectivity index (χ2n) is 2.89. The van der Waals surface area contributed by atoms with E-state index in [2.05, 4.69) is 5.32 Å². The molecule has 10 heavy (non-hydrogen) atoms. The Morgan fingerprint density at radius 3 is 2.90 bits per heavy atom. The van der Waals surface area contributed by atoms with Crippen LogP contribution in [0.2, 0.25) is 0 Å². The molecule has 0 spiro atoms. The van der Waals surface area contributed by atoms with Crippen LogP contribution in [0.5, 0.6) is 0 Å². The van der Waals surface area contributed by atoms with Crippen LogP contribution >= 0.6 is 0 Å². The van der Waals surface area contributed by atoms with E-state index in [1.807, 2.05) is 7.11 Å². The number of methoxy groups -OCH3 is 1. The van der Waals surface area contributed by atoms with Crippen molar-refractivity contribution in [3.63, 3.8) is 0 Å². The molecule has 1 aliphatic heterocycles. The molecule has 0 aromatic rings. The monoisotopic (exact) mass is 143 g/mol. The molecule has 1 aliphatic rings. The molecular formula is C8H17NO. The van der Waals surface area contributed by atoms with Gasteiger partial charge in [-0.3, -0.25) is 0 Å². The molecule has 1 heterocycles. The Kier molecular flexibility index (Phi) is 3.76. The zero-order valence-corrected chi connectivity index (χ0v) is 6.73. The summed E-state index contributed by atoms with van der Waals surface area (Å²) in [6.45, 7) is 2.31. The Morgan fingerprint density at radius 2 is 2.10 bits per heavy atom. The van der Waals surface area contributed by atoms with Gasteiger partial charge in [-0.15, -0.1) is 0 Å². The van der Waals surface area contributed by atoms with Gasteiger partial charge in [-0.05, 0) is 38.8 Å². The van der Waals surface area contributed by atoms with Crippen LogP contribution in [0.4, 0.5) is 0 Å². The maximum absolute atomic E-state index is 5.29. The molecule has 2 nitrogen and oxygen atoms in total. The first-order chi connectivity index (χ1) is 4.93. The first-order valence-electron chi connectivity index (χ1n) is 4.17. The third-order valence-corrected chi connectivity index (χ3v) is 2.11. The topological polar surface area (TPSA) is 21.3 Å². The summed E-state index contributed by atoms with van der Waals surface area (Å²) in [6.07, 6.45) is 5.55. The second-order valence-corrected chi connectivity index (χ2v) is 2.89. The van der Waals surface area contributed by atoms with E-state index in [1.54, 1.807) is 0 Å². The Hall–Kier alpha value is -0.0800. The summed E-state index contributed by atoms with van der Waals surface area (Å²) in [5, 5.41) is 3.37. The molecule has 1 unspecified atom stereocenters. The van der Waals surface area contributed by atoms with Gasteiger partial charge in [0.2, 0.25) is 0 Å². The van der Waals surface area contributed by atoms with Gasteiger partial charge >= 0.3 is 0 Å². The molecule has 0 radical (unpaired) electrons. The molecule has 1 N–H and O–H groups in total. The minimum Gasteiger partial charge on any atom is -0.381 e. The Morgan fingerprint density at radius 1 is 1.20 bits per heavy atom. The van der Waals surface area contributed by atoms with E-state index in [4.69, 9.17) is 4.74 Å². The number of rotatable bonds is 1. The van der Waals surface area contributed by atoms with E-state index in [0.717, 1.165) is 6.54 Å². The SMILES string of the molecule is COC1CCCCNCC1. The lowest BCUT2D eigenvalue weighted by atomic mass is 10.1. The summed E-state index contributed by atoms with van der Waals surface area (Å²) < 4.78 is 5.29. The molecule has 2 heteroatoms. The van der Waals surface area contributed by atoms with Gasteiger partial charge in [-0.2, -0.15) is 0 Å². The lowest BCUT2D eigenvalue weighted by Gasteiger charge is -2.18. The van der Waals surface area contributed by atoms with E-state index in [9.17, 15) is 0 Å². The highest BCUT2D eigenvalue weighted by atomic mass is 16.5. The summed E-state index contributed by atoms with van der Waals surface area (Å²) in [6, 6.07) is 0. The van der Waals surface area contributed by atoms with Crippen LogP contribution in [0.25, 0.3) is 0 Å². The maximum atomic E-state index is 5.29. The number of ether oxygens (including phenoxy) is 1. The standard InChI is InChI=1S/C8H17NO/c1-10-8-4-2-3-6-9-7-5-8/h8-9H,2-7H2,1H3. The van der Waals surface area contributed by atoms with Crippen molar-refractivity contribution in [2.45, 2.75) is 31.8 Å². The van der Waals surface area contributed by atoms with Crippen molar-refractivity contribution in [1.82, 2.24) is 5.32 Å². The fraction of sp³-hybridized carbons (Fsp3) is 1.00. The molecule has 0 bridgehead atoms. The molecule has 1 atom stereocenters. The van der Waals surface area contributed by atoms with Gasteiger partial charge in [-0.25, -0.2) is 0 Å². The van der Waals surface area contributed by atoms with E-state index in [0.29, 0.717) is 6.10 Å². The second kappa shape index (κ2) is 4.69. The average Bonchev–Trinajstić information content (AvgIpc) is 1.87. The molecule has 1 fully saturated rings. The highest BCUT2D eigenvalue weighted by Crippen LogP contribution is 2.08. The van der Waals surface area contributed by atoms with Gasteiger partial charge in [0.05, 0.1) is 6.10 Å². The van der Waals surface area contributed by atoms with Crippen LogP contribution in [-0.4, -0.2) is 26.3 Å². The summed E-state index contributed by atoms with van der Waals surface area (Å²) >= 11 is 0. The lowest BCUT2D eigenvalue weighted by molar-refractivity contribution is 0.0825. The van der Waals surface area contributed by atoms with E-state index >= 15 is 0 Å². The largest absolute Gasteiger partial charge is 0.381 e. The first kappa shape index (κ1) is 8.02. The van der Waals surface area contributed by atoms with Gasteiger partial charge in [-0.1, -0.05) is 0 Å². The average molecular weight is 143 g/mol. The molecule has 1 saturated heterocycles. The van der Waals surface area contributed by atoms with E-state index < -0.39 is 0 Å². The minimum absolute atomic E-state index is 0.507. The summed E-state index contributed by atoms with van der Waals surface area (Å²) in [7, 11) is 1.81. The lowest BCUT2D eigenvalue weighted by Crippen LogP contribution is -2.25. The summed E-state index contributed by atoms with van der Waals surface area (Å²) in [5.41, 5.74) is 0. The van der Waals surface area contributed by atoms with Gasteiger partial charge < -0.3 is 10.1 Å². The van der Waals surface area contributed by atoms with Crippen molar-refractivity contribution < 1.29 is 4.74 Å². The highest BCUT2D eigenvalue weighted by molar-refractivity contribution is 4.64. The fourth-order valence-electron chi connectivity index (χ4n) is 1.39. The van der Waals surface area contributed by atoms with Crippen LogP contribution in [0.3, 0.4) is 0 Å². The van der Waals surface area contributed by atoms with Gasteiger partial charge in [0, 0.05) is 7.11 Å². The number of nitrogens with one attached hydrogen (secondary N) is 1. The van der Waals surface area contributed by atoms with Gasteiger partial charge in [0.1, 0.15) is 0 Å².